The number of carboxylic acids is 1. The minimum Gasteiger partial charge on any atom is -0.494 e. The van der Waals surface area contributed by atoms with Crippen LogP contribution in [0, 0.1) is 5.82 Å². The molecule has 0 bridgehead atoms. The lowest BCUT2D eigenvalue weighted by molar-refractivity contribution is -0.139. The molecule has 7 heteroatoms. The number of halogens is 1. The molecule has 1 aromatic carbocycles. The van der Waals surface area contributed by atoms with Crippen molar-refractivity contribution in [2.75, 3.05) is 7.11 Å². The van der Waals surface area contributed by atoms with Crippen molar-refractivity contribution in [3.8, 4) is 5.75 Å². The van der Waals surface area contributed by atoms with Crippen molar-refractivity contribution in [3.05, 3.63) is 29.6 Å². The van der Waals surface area contributed by atoms with Gasteiger partial charge in [-0.2, -0.15) is 0 Å². The summed E-state index contributed by atoms with van der Waals surface area (Å²) in [5.41, 5.74) is 11.0. The van der Waals surface area contributed by atoms with Crippen LogP contribution in [0.2, 0.25) is 0 Å². The SMILES string of the molecule is COc1cc(C(CC(N)=O)C(N)C(=O)O)ccc1F. The number of primary amides is 1. The smallest absolute Gasteiger partial charge is 0.321 e. The van der Waals surface area contributed by atoms with E-state index in [1.54, 1.807) is 0 Å². The Labute approximate surface area is 109 Å². The number of aliphatic carboxylic acids is 1. The molecule has 1 rings (SSSR count). The molecular weight excluding hydrogens is 255 g/mol. The van der Waals surface area contributed by atoms with Gasteiger partial charge in [0.1, 0.15) is 6.04 Å². The van der Waals surface area contributed by atoms with Crippen LogP contribution in [0.4, 0.5) is 4.39 Å². The van der Waals surface area contributed by atoms with E-state index in [-0.39, 0.29) is 12.2 Å². The summed E-state index contributed by atoms with van der Waals surface area (Å²) in [6.45, 7) is 0. The van der Waals surface area contributed by atoms with Crippen molar-refractivity contribution in [1.29, 1.82) is 0 Å². The molecule has 0 aliphatic rings. The van der Waals surface area contributed by atoms with Crippen LogP contribution in [0.1, 0.15) is 17.9 Å². The maximum absolute atomic E-state index is 13.3. The molecule has 0 aromatic heterocycles. The molecule has 0 saturated heterocycles. The normalized spacial score (nSPS) is 13.6. The van der Waals surface area contributed by atoms with E-state index in [0.717, 1.165) is 6.07 Å². The molecule has 6 nitrogen and oxygen atoms in total. The standard InChI is InChI=1S/C12H15FN2O4/c1-19-9-4-6(2-3-8(9)13)7(5-10(14)16)11(15)12(17)18/h2-4,7,11H,5,15H2,1H3,(H2,14,16)(H,17,18). The molecule has 19 heavy (non-hydrogen) atoms. The Kier molecular flexibility index (Phi) is 4.82. The molecule has 0 fully saturated rings. The van der Waals surface area contributed by atoms with Gasteiger partial charge in [0.05, 0.1) is 7.11 Å². The molecule has 1 amide bonds. The molecule has 104 valence electrons. The van der Waals surface area contributed by atoms with Crippen LogP contribution in [0.3, 0.4) is 0 Å². The number of benzene rings is 1. The Hall–Kier alpha value is -2.15. The van der Waals surface area contributed by atoms with Crippen LogP contribution in [0.5, 0.6) is 5.75 Å². The van der Waals surface area contributed by atoms with Gasteiger partial charge in [0.25, 0.3) is 0 Å². The highest BCUT2D eigenvalue weighted by atomic mass is 19.1. The van der Waals surface area contributed by atoms with Crippen LogP contribution < -0.4 is 16.2 Å². The fourth-order valence-electron chi connectivity index (χ4n) is 1.75. The maximum Gasteiger partial charge on any atom is 0.321 e. The van der Waals surface area contributed by atoms with Crippen LogP contribution >= 0.6 is 0 Å². The lowest BCUT2D eigenvalue weighted by Gasteiger charge is -2.20. The van der Waals surface area contributed by atoms with Crippen molar-refractivity contribution in [2.45, 2.75) is 18.4 Å². The third kappa shape index (κ3) is 3.65. The molecule has 0 radical (unpaired) electrons. The summed E-state index contributed by atoms with van der Waals surface area (Å²) in [6, 6.07) is 2.47. The monoisotopic (exact) mass is 270 g/mol. The van der Waals surface area contributed by atoms with Crippen LogP contribution in [-0.4, -0.2) is 30.1 Å². The number of carbonyl (C=O) groups excluding carboxylic acids is 1. The average Bonchev–Trinajstić information content (AvgIpc) is 2.35. The number of carbonyl (C=O) groups is 2. The van der Waals surface area contributed by atoms with Gasteiger partial charge in [-0.05, 0) is 17.7 Å². The summed E-state index contributed by atoms with van der Waals surface area (Å²) in [7, 11) is 1.28. The largest absolute Gasteiger partial charge is 0.494 e. The lowest BCUT2D eigenvalue weighted by Crippen LogP contribution is -2.38. The van der Waals surface area contributed by atoms with E-state index in [4.69, 9.17) is 21.3 Å². The van der Waals surface area contributed by atoms with Gasteiger partial charge >= 0.3 is 5.97 Å². The van der Waals surface area contributed by atoms with E-state index in [9.17, 15) is 14.0 Å². The fraction of sp³-hybridized carbons (Fsp3) is 0.333. The summed E-state index contributed by atoms with van der Waals surface area (Å²) in [6.07, 6.45) is -0.248. The van der Waals surface area contributed by atoms with Crippen molar-refractivity contribution in [2.24, 2.45) is 11.5 Å². The number of rotatable bonds is 6. The molecule has 0 aliphatic heterocycles. The predicted octanol–water partition coefficient (Wildman–Crippen LogP) is 0.205. The van der Waals surface area contributed by atoms with Gasteiger partial charge in [-0.1, -0.05) is 6.07 Å². The third-order valence-electron chi connectivity index (χ3n) is 2.74. The van der Waals surface area contributed by atoms with E-state index >= 15 is 0 Å². The zero-order valence-corrected chi connectivity index (χ0v) is 10.3. The number of amides is 1. The van der Waals surface area contributed by atoms with E-state index in [2.05, 4.69) is 0 Å². The molecule has 0 aliphatic carbocycles. The molecule has 0 spiro atoms. The molecule has 1 aromatic rings. The number of nitrogens with two attached hydrogens (primary N) is 2. The van der Waals surface area contributed by atoms with Gasteiger partial charge in [-0.3, -0.25) is 9.59 Å². The first-order valence-corrected chi connectivity index (χ1v) is 5.47. The van der Waals surface area contributed by atoms with E-state index in [1.807, 2.05) is 0 Å². The lowest BCUT2D eigenvalue weighted by atomic mass is 9.88. The van der Waals surface area contributed by atoms with Gasteiger partial charge in [-0.15, -0.1) is 0 Å². The van der Waals surface area contributed by atoms with Crippen molar-refractivity contribution in [1.82, 2.24) is 0 Å². The van der Waals surface area contributed by atoms with E-state index < -0.39 is 29.7 Å². The summed E-state index contributed by atoms with van der Waals surface area (Å²) in [4.78, 5) is 21.9. The van der Waals surface area contributed by atoms with Crippen LogP contribution in [0.15, 0.2) is 18.2 Å². The Balaban J connectivity index is 3.16. The van der Waals surface area contributed by atoms with Gasteiger partial charge in [0, 0.05) is 12.3 Å². The summed E-state index contributed by atoms with van der Waals surface area (Å²) < 4.78 is 18.1. The first-order chi connectivity index (χ1) is 8.86. The zero-order valence-electron chi connectivity index (χ0n) is 10.3. The number of ether oxygens (including phenoxy) is 1. The van der Waals surface area contributed by atoms with Gasteiger partial charge in [-0.25, -0.2) is 4.39 Å². The molecule has 0 saturated carbocycles. The Morgan fingerprint density at radius 3 is 2.58 bits per heavy atom. The quantitative estimate of drug-likeness (QED) is 0.683. The fourth-order valence-corrected chi connectivity index (χ4v) is 1.75. The maximum atomic E-state index is 13.3. The second-order valence-corrected chi connectivity index (χ2v) is 4.03. The molecule has 2 atom stereocenters. The number of methoxy groups -OCH3 is 1. The van der Waals surface area contributed by atoms with Gasteiger partial charge < -0.3 is 21.3 Å². The minimum absolute atomic E-state index is 0.0513. The average molecular weight is 270 g/mol. The number of hydrogen-bond acceptors (Lipinski definition) is 4. The molecule has 0 heterocycles. The predicted molar refractivity (Wildman–Crippen MR) is 65.1 cm³/mol. The van der Waals surface area contributed by atoms with Crippen LogP contribution in [0.25, 0.3) is 0 Å². The van der Waals surface area contributed by atoms with Crippen LogP contribution in [-0.2, 0) is 9.59 Å². The second-order valence-electron chi connectivity index (χ2n) is 4.03. The number of carboxylic acid groups (broad SMARTS) is 1. The summed E-state index contributed by atoms with van der Waals surface area (Å²) in [5, 5.41) is 8.93. The van der Waals surface area contributed by atoms with Gasteiger partial charge in [0.2, 0.25) is 5.91 Å². The molecule has 2 unspecified atom stereocenters. The van der Waals surface area contributed by atoms with Crippen molar-refractivity contribution < 1.29 is 23.8 Å². The summed E-state index contributed by atoms with van der Waals surface area (Å²) >= 11 is 0. The number of hydrogen-bond donors (Lipinski definition) is 3. The third-order valence-corrected chi connectivity index (χ3v) is 2.74. The topological polar surface area (TPSA) is 116 Å². The van der Waals surface area contributed by atoms with E-state index in [1.165, 1.54) is 19.2 Å². The second kappa shape index (κ2) is 6.14. The minimum atomic E-state index is -1.32. The highest BCUT2D eigenvalue weighted by Gasteiger charge is 2.28. The highest BCUT2D eigenvalue weighted by molar-refractivity contribution is 5.79. The first-order valence-electron chi connectivity index (χ1n) is 5.47. The van der Waals surface area contributed by atoms with Crippen molar-refractivity contribution >= 4 is 11.9 Å². The Morgan fingerprint density at radius 2 is 2.11 bits per heavy atom. The molecular formula is C12H15FN2O4. The molecule has 5 N–H and O–H groups in total. The van der Waals surface area contributed by atoms with Gasteiger partial charge in [0.15, 0.2) is 11.6 Å². The van der Waals surface area contributed by atoms with E-state index in [0.29, 0.717) is 5.56 Å². The zero-order chi connectivity index (χ0) is 14.6. The first kappa shape index (κ1) is 14.9. The summed E-state index contributed by atoms with van der Waals surface area (Å²) in [5.74, 6) is -3.44. The Morgan fingerprint density at radius 1 is 1.47 bits per heavy atom. The van der Waals surface area contributed by atoms with Crippen molar-refractivity contribution in [3.63, 3.8) is 0 Å². The Bertz CT molecular complexity index is 493. The highest BCUT2D eigenvalue weighted by Crippen LogP contribution is 2.27.